The molecule has 0 aliphatic carbocycles. The molecule has 5 nitrogen and oxygen atoms in total. The first-order chi connectivity index (χ1) is 9.96. The van der Waals surface area contributed by atoms with Crippen molar-refractivity contribution in [3.05, 3.63) is 29.8 Å². The largest absolute Gasteiger partial charge is 0.573 e. The first kappa shape index (κ1) is 18.8. The summed E-state index contributed by atoms with van der Waals surface area (Å²) in [6.45, 7) is 2.38. The maximum Gasteiger partial charge on any atom is 0.573 e. The van der Waals surface area contributed by atoms with Crippen molar-refractivity contribution >= 4 is 29.9 Å². The fraction of sp³-hybridized carbons (Fsp3) is 0.462. The van der Waals surface area contributed by atoms with Gasteiger partial charge in [0.25, 0.3) is 0 Å². The molecule has 2 rings (SSSR count). The molecular weight excluding hydrogens is 414 g/mol. The third-order valence-electron chi connectivity index (χ3n) is 2.94. The molecule has 1 aromatic rings. The van der Waals surface area contributed by atoms with E-state index in [1.807, 2.05) is 4.90 Å². The molecule has 1 fully saturated rings. The highest BCUT2D eigenvalue weighted by Gasteiger charge is 2.31. The molecule has 0 unspecified atom stereocenters. The Morgan fingerprint density at radius 2 is 1.91 bits per heavy atom. The van der Waals surface area contributed by atoms with Gasteiger partial charge in [0.2, 0.25) is 0 Å². The second-order valence-electron chi connectivity index (χ2n) is 4.43. The molecule has 0 aromatic heterocycles. The zero-order chi connectivity index (χ0) is 15.3. The Bertz CT molecular complexity index is 506. The van der Waals surface area contributed by atoms with Crippen LogP contribution in [0.2, 0.25) is 0 Å². The molecule has 1 heterocycles. The monoisotopic (exact) mass is 431 g/mol. The molecule has 1 saturated heterocycles. The smallest absolute Gasteiger partial charge is 0.405 e. The summed E-state index contributed by atoms with van der Waals surface area (Å²) in [5.74, 6) is 0.0311. The lowest BCUT2D eigenvalue weighted by Gasteiger charge is -2.27. The number of alkyl halides is 3. The van der Waals surface area contributed by atoms with Crippen molar-refractivity contribution < 1.29 is 22.6 Å². The van der Waals surface area contributed by atoms with Crippen LogP contribution in [0.25, 0.3) is 0 Å². The van der Waals surface area contributed by atoms with Crippen molar-refractivity contribution in [2.75, 3.05) is 26.3 Å². The second kappa shape index (κ2) is 8.42. The lowest BCUT2D eigenvalue weighted by atomic mass is 10.2. The highest BCUT2D eigenvalue weighted by atomic mass is 127. The van der Waals surface area contributed by atoms with Crippen LogP contribution in [-0.2, 0) is 11.3 Å². The van der Waals surface area contributed by atoms with E-state index in [0.717, 1.165) is 0 Å². The van der Waals surface area contributed by atoms with Crippen LogP contribution in [0, 0.1) is 0 Å². The SMILES string of the molecule is I.NC(=NCc1ccccc1OC(F)(F)F)N1CCOCC1. The molecule has 9 heteroatoms. The third-order valence-corrected chi connectivity index (χ3v) is 2.94. The van der Waals surface area contributed by atoms with Crippen molar-refractivity contribution in [3.8, 4) is 5.75 Å². The molecule has 0 spiro atoms. The van der Waals surface area contributed by atoms with Crippen LogP contribution in [-0.4, -0.2) is 43.5 Å². The number of morpholine rings is 1. The molecule has 0 atom stereocenters. The van der Waals surface area contributed by atoms with E-state index in [1.165, 1.54) is 18.2 Å². The van der Waals surface area contributed by atoms with Crippen LogP contribution in [0.5, 0.6) is 5.75 Å². The summed E-state index contributed by atoms with van der Waals surface area (Å²) in [7, 11) is 0. The third kappa shape index (κ3) is 5.87. The van der Waals surface area contributed by atoms with Crippen LogP contribution >= 0.6 is 24.0 Å². The topological polar surface area (TPSA) is 60.1 Å². The molecule has 0 bridgehead atoms. The van der Waals surface area contributed by atoms with E-state index in [1.54, 1.807) is 6.07 Å². The predicted octanol–water partition coefficient (Wildman–Crippen LogP) is 2.35. The first-order valence-electron chi connectivity index (χ1n) is 6.42. The van der Waals surface area contributed by atoms with Gasteiger partial charge >= 0.3 is 6.36 Å². The van der Waals surface area contributed by atoms with E-state index in [4.69, 9.17) is 10.5 Å². The summed E-state index contributed by atoms with van der Waals surface area (Å²) in [6, 6.07) is 5.87. The standard InChI is InChI=1S/C13H16F3N3O2.HI/c14-13(15,16)21-11-4-2-1-3-10(11)9-18-12(17)19-5-7-20-8-6-19;/h1-4H,5-9H2,(H2,17,18);1H. The normalized spacial score (nSPS) is 16.1. The van der Waals surface area contributed by atoms with Crippen LogP contribution in [0.1, 0.15) is 5.56 Å². The van der Waals surface area contributed by atoms with Gasteiger partial charge in [-0.15, -0.1) is 37.1 Å². The second-order valence-corrected chi connectivity index (χ2v) is 4.43. The summed E-state index contributed by atoms with van der Waals surface area (Å²) in [5, 5.41) is 0. The molecule has 0 amide bonds. The minimum Gasteiger partial charge on any atom is -0.405 e. The quantitative estimate of drug-likeness (QED) is 0.454. The van der Waals surface area contributed by atoms with Gasteiger partial charge in [0.15, 0.2) is 5.96 Å². The Hall–Kier alpha value is -1.23. The number of para-hydroxylation sites is 1. The van der Waals surface area contributed by atoms with E-state index in [9.17, 15) is 13.2 Å². The van der Waals surface area contributed by atoms with Crippen LogP contribution < -0.4 is 10.5 Å². The molecule has 1 aromatic carbocycles. The van der Waals surface area contributed by atoms with Crippen LogP contribution in [0.15, 0.2) is 29.3 Å². The number of halogens is 4. The van der Waals surface area contributed by atoms with Gasteiger partial charge in [0, 0.05) is 18.7 Å². The minimum absolute atomic E-state index is 0. The number of guanidine groups is 1. The van der Waals surface area contributed by atoms with Crippen molar-refractivity contribution in [2.24, 2.45) is 10.7 Å². The van der Waals surface area contributed by atoms with E-state index in [0.29, 0.717) is 37.8 Å². The molecule has 0 radical (unpaired) electrons. The van der Waals surface area contributed by atoms with Gasteiger partial charge < -0.3 is 20.1 Å². The van der Waals surface area contributed by atoms with Gasteiger partial charge in [0.1, 0.15) is 5.75 Å². The number of aliphatic imine (C=N–C) groups is 1. The van der Waals surface area contributed by atoms with E-state index >= 15 is 0 Å². The molecular formula is C13H17F3IN3O2. The number of hydrogen-bond acceptors (Lipinski definition) is 3. The summed E-state index contributed by atoms with van der Waals surface area (Å²) >= 11 is 0. The highest BCUT2D eigenvalue weighted by molar-refractivity contribution is 14.0. The van der Waals surface area contributed by atoms with Crippen molar-refractivity contribution in [1.82, 2.24) is 4.90 Å². The minimum atomic E-state index is -4.73. The molecule has 1 aliphatic rings. The summed E-state index contributed by atoms with van der Waals surface area (Å²) < 4.78 is 46.1. The average molecular weight is 431 g/mol. The number of nitrogens with zero attached hydrogens (tertiary/aromatic N) is 2. The fourth-order valence-corrected chi connectivity index (χ4v) is 1.92. The fourth-order valence-electron chi connectivity index (χ4n) is 1.92. The van der Waals surface area contributed by atoms with E-state index in [2.05, 4.69) is 9.73 Å². The zero-order valence-corrected chi connectivity index (χ0v) is 14.0. The van der Waals surface area contributed by atoms with Gasteiger partial charge in [0.05, 0.1) is 19.8 Å². The first-order valence-corrected chi connectivity index (χ1v) is 6.42. The zero-order valence-electron chi connectivity index (χ0n) is 11.7. The molecule has 2 N–H and O–H groups in total. The average Bonchev–Trinajstić information content (AvgIpc) is 2.45. The molecule has 1 aliphatic heterocycles. The maximum absolute atomic E-state index is 12.3. The number of ether oxygens (including phenoxy) is 2. The van der Waals surface area contributed by atoms with Gasteiger partial charge in [-0.2, -0.15) is 0 Å². The van der Waals surface area contributed by atoms with Crippen LogP contribution in [0.3, 0.4) is 0 Å². The summed E-state index contributed by atoms with van der Waals surface area (Å²) in [6.07, 6.45) is -4.73. The molecule has 0 saturated carbocycles. The van der Waals surface area contributed by atoms with Gasteiger partial charge in [-0.3, -0.25) is 0 Å². The Morgan fingerprint density at radius 1 is 1.27 bits per heavy atom. The Labute approximate surface area is 143 Å². The van der Waals surface area contributed by atoms with E-state index < -0.39 is 6.36 Å². The number of rotatable bonds is 3. The Balaban J connectivity index is 0.00000242. The van der Waals surface area contributed by atoms with Crippen molar-refractivity contribution in [3.63, 3.8) is 0 Å². The molecule has 124 valence electrons. The lowest BCUT2D eigenvalue weighted by molar-refractivity contribution is -0.274. The Kier molecular flexibility index (Phi) is 7.20. The maximum atomic E-state index is 12.3. The molecule has 22 heavy (non-hydrogen) atoms. The number of benzene rings is 1. The predicted molar refractivity (Wildman–Crippen MR) is 86.3 cm³/mol. The van der Waals surface area contributed by atoms with Crippen molar-refractivity contribution in [1.29, 1.82) is 0 Å². The lowest BCUT2D eigenvalue weighted by Crippen LogP contribution is -2.44. The van der Waals surface area contributed by atoms with E-state index in [-0.39, 0.29) is 36.3 Å². The van der Waals surface area contributed by atoms with Gasteiger partial charge in [-0.25, -0.2) is 4.99 Å². The summed E-state index contributed by atoms with van der Waals surface area (Å²) in [5.41, 5.74) is 6.16. The highest BCUT2D eigenvalue weighted by Crippen LogP contribution is 2.26. The number of hydrogen-bond donors (Lipinski definition) is 1. The van der Waals surface area contributed by atoms with Gasteiger partial charge in [-0.05, 0) is 6.07 Å². The summed E-state index contributed by atoms with van der Waals surface area (Å²) in [4.78, 5) is 5.96. The van der Waals surface area contributed by atoms with Gasteiger partial charge in [-0.1, -0.05) is 18.2 Å². The van der Waals surface area contributed by atoms with Crippen LogP contribution in [0.4, 0.5) is 13.2 Å². The number of nitrogens with two attached hydrogens (primary N) is 1. The van der Waals surface area contributed by atoms with Crippen molar-refractivity contribution in [2.45, 2.75) is 12.9 Å². The Morgan fingerprint density at radius 3 is 2.55 bits per heavy atom.